The summed E-state index contributed by atoms with van der Waals surface area (Å²) in [5.41, 5.74) is 12.8. The molecule has 1 heterocycles. The SMILES string of the molecule is CCN(CC(N)=O)c1cc2c(cc1N)OCC(=O)N2. The zero-order valence-corrected chi connectivity index (χ0v) is 10.6. The maximum Gasteiger partial charge on any atom is 0.262 e. The molecule has 1 aliphatic heterocycles. The Kier molecular flexibility index (Phi) is 3.46. The van der Waals surface area contributed by atoms with Crippen molar-refractivity contribution in [2.45, 2.75) is 6.92 Å². The van der Waals surface area contributed by atoms with E-state index in [9.17, 15) is 9.59 Å². The highest BCUT2D eigenvalue weighted by molar-refractivity contribution is 5.97. The van der Waals surface area contributed by atoms with Crippen molar-refractivity contribution in [1.82, 2.24) is 0 Å². The van der Waals surface area contributed by atoms with E-state index in [-0.39, 0.29) is 19.1 Å². The van der Waals surface area contributed by atoms with E-state index in [1.54, 1.807) is 17.0 Å². The Bertz CT molecular complexity index is 530. The number of hydrogen-bond donors (Lipinski definition) is 3. The number of carbonyl (C=O) groups excluding carboxylic acids is 2. The fraction of sp³-hybridized carbons (Fsp3) is 0.333. The van der Waals surface area contributed by atoms with Crippen LogP contribution in [0.1, 0.15) is 6.92 Å². The van der Waals surface area contributed by atoms with Crippen LogP contribution in [0, 0.1) is 0 Å². The van der Waals surface area contributed by atoms with Gasteiger partial charge in [0.05, 0.1) is 23.6 Å². The molecular formula is C12H16N4O3. The van der Waals surface area contributed by atoms with Crippen LogP contribution in [0.4, 0.5) is 17.1 Å². The van der Waals surface area contributed by atoms with Crippen LogP contribution in [0.15, 0.2) is 12.1 Å². The van der Waals surface area contributed by atoms with Crippen molar-refractivity contribution in [2.75, 3.05) is 35.6 Å². The lowest BCUT2D eigenvalue weighted by Gasteiger charge is -2.26. The molecule has 0 aliphatic carbocycles. The van der Waals surface area contributed by atoms with Crippen molar-refractivity contribution in [1.29, 1.82) is 0 Å². The summed E-state index contributed by atoms with van der Waals surface area (Å²) in [6.45, 7) is 2.50. The standard InChI is InChI=1S/C12H16N4O3/c1-2-16(5-11(14)17)9-4-8-10(3-7(9)13)19-6-12(18)15-8/h3-4H,2,5-6,13H2,1H3,(H2,14,17)(H,15,18). The summed E-state index contributed by atoms with van der Waals surface area (Å²) in [4.78, 5) is 24.1. The van der Waals surface area contributed by atoms with Crippen LogP contribution < -0.4 is 26.4 Å². The molecule has 2 rings (SSSR count). The molecule has 102 valence electrons. The highest BCUT2D eigenvalue weighted by Crippen LogP contribution is 2.36. The molecule has 0 saturated carbocycles. The maximum absolute atomic E-state index is 11.3. The number of nitrogens with zero attached hydrogens (tertiary/aromatic N) is 1. The summed E-state index contributed by atoms with van der Waals surface area (Å²) in [5.74, 6) is -0.142. The Labute approximate surface area is 110 Å². The van der Waals surface area contributed by atoms with E-state index in [4.69, 9.17) is 16.2 Å². The predicted molar refractivity (Wildman–Crippen MR) is 72.1 cm³/mol. The average molecular weight is 264 g/mol. The number of nitrogen functional groups attached to an aromatic ring is 1. The monoisotopic (exact) mass is 264 g/mol. The molecule has 0 fully saturated rings. The Morgan fingerprint density at radius 3 is 2.89 bits per heavy atom. The summed E-state index contributed by atoms with van der Waals surface area (Å²) >= 11 is 0. The summed E-state index contributed by atoms with van der Waals surface area (Å²) in [6.07, 6.45) is 0. The van der Waals surface area contributed by atoms with E-state index >= 15 is 0 Å². The molecule has 0 aromatic heterocycles. The Hall–Kier alpha value is -2.44. The van der Waals surface area contributed by atoms with E-state index in [1.807, 2.05) is 6.92 Å². The van der Waals surface area contributed by atoms with E-state index in [2.05, 4.69) is 5.32 Å². The third-order valence-corrected chi connectivity index (χ3v) is 2.83. The van der Waals surface area contributed by atoms with Gasteiger partial charge in [-0.25, -0.2) is 0 Å². The van der Waals surface area contributed by atoms with Crippen molar-refractivity contribution in [2.24, 2.45) is 5.73 Å². The number of rotatable bonds is 4. The summed E-state index contributed by atoms with van der Waals surface area (Å²) in [6, 6.07) is 3.32. The third kappa shape index (κ3) is 2.70. The molecule has 1 aliphatic rings. The zero-order chi connectivity index (χ0) is 14.0. The molecule has 0 bridgehead atoms. The number of carbonyl (C=O) groups is 2. The highest BCUT2D eigenvalue weighted by Gasteiger charge is 2.20. The summed E-state index contributed by atoms with van der Waals surface area (Å²) in [7, 11) is 0. The van der Waals surface area contributed by atoms with Gasteiger partial charge in [0.25, 0.3) is 5.91 Å². The number of primary amides is 1. The first-order chi connectivity index (χ1) is 9.01. The summed E-state index contributed by atoms with van der Waals surface area (Å²) in [5, 5.41) is 2.70. The smallest absolute Gasteiger partial charge is 0.262 e. The van der Waals surface area contributed by atoms with Crippen LogP contribution >= 0.6 is 0 Å². The van der Waals surface area contributed by atoms with Gasteiger partial charge < -0.3 is 26.4 Å². The van der Waals surface area contributed by atoms with Gasteiger partial charge in [-0.2, -0.15) is 0 Å². The van der Waals surface area contributed by atoms with Gasteiger partial charge in [0.2, 0.25) is 5.91 Å². The lowest BCUT2D eigenvalue weighted by atomic mass is 10.2. The molecule has 19 heavy (non-hydrogen) atoms. The van der Waals surface area contributed by atoms with Crippen LogP contribution in [0.2, 0.25) is 0 Å². The van der Waals surface area contributed by atoms with Crippen LogP contribution in [-0.4, -0.2) is 31.5 Å². The van der Waals surface area contributed by atoms with E-state index < -0.39 is 5.91 Å². The normalized spacial score (nSPS) is 13.2. The topological polar surface area (TPSA) is 111 Å². The number of likely N-dealkylation sites (N-methyl/N-ethyl adjacent to an activating group) is 1. The Morgan fingerprint density at radius 1 is 1.53 bits per heavy atom. The van der Waals surface area contributed by atoms with Gasteiger partial charge in [-0.15, -0.1) is 0 Å². The summed E-state index contributed by atoms with van der Waals surface area (Å²) < 4.78 is 5.26. The van der Waals surface area contributed by atoms with Gasteiger partial charge in [-0.3, -0.25) is 9.59 Å². The van der Waals surface area contributed by atoms with Crippen LogP contribution in [0.25, 0.3) is 0 Å². The molecule has 7 heteroatoms. The second-order valence-corrected chi connectivity index (χ2v) is 4.22. The molecule has 1 aromatic rings. The van der Waals surface area contributed by atoms with Crippen LogP contribution in [0.3, 0.4) is 0 Å². The minimum absolute atomic E-state index is 0.0232. The van der Waals surface area contributed by atoms with Crippen molar-refractivity contribution < 1.29 is 14.3 Å². The number of anilines is 3. The molecule has 0 atom stereocenters. The first kappa shape index (κ1) is 13.0. The number of ether oxygens (including phenoxy) is 1. The van der Waals surface area contributed by atoms with Crippen LogP contribution in [0.5, 0.6) is 5.75 Å². The molecule has 0 spiro atoms. The number of amides is 2. The van der Waals surface area contributed by atoms with E-state index in [0.717, 1.165) is 0 Å². The highest BCUT2D eigenvalue weighted by atomic mass is 16.5. The second-order valence-electron chi connectivity index (χ2n) is 4.22. The van der Waals surface area contributed by atoms with Gasteiger partial charge in [0, 0.05) is 12.6 Å². The fourth-order valence-corrected chi connectivity index (χ4v) is 1.96. The van der Waals surface area contributed by atoms with Crippen molar-refractivity contribution in [3.63, 3.8) is 0 Å². The number of fused-ring (bicyclic) bond motifs is 1. The minimum Gasteiger partial charge on any atom is -0.482 e. The van der Waals surface area contributed by atoms with Gasteiger partial charge in [0.1, 0.15) is 5.75 Å². The van der Waals surface area contributed by atoms with Crippen molar-refractivity contribution in [3.05, 3.63) is 12.1 Å². The van der Waals surface area contributed by atoms with Gasteiger partial charge in [0.15, 0.2) is 6.61 Å². The third-order valence-electron chi connectivity index (χ3n) is 2.83. The molecule has 2 amide bonds. The predicted octanol–water partition coefficient (Wildman–Crippen LogP) is -0.0887. The van der Waals surface area contributed by atoms with Gasteiger partial charge in [-0.05, 0) is 13.0 Å². The number of nitrogens with one attached hydrogen (secondary N) is 1. The molecule has 0 saturated heterocycles. The fourth-order valence-electron chi connectivity index (χ4n) is 1.96. The van der Waals surface area contributed by atoms with Crippen LogP contribution in [-0.2, 0) is 9.59 Å². The van der Waals surface area contributed by atoms with Gasteiger partial charge >= 0.3 is 0 Å². The number of nitrogens with two attached hydrogens (primary N) is 2. The Balaban J connectivity index is 2.37. The minimum atomic E-state index is -0.445. The van der Waals surface area contributed by atoms with Crippen molar-refractivity contribution >= 4 is 28.9 Å². The zero-order valence-electron chi connectivity index (χ0n) is 10.6. The quantitative estimate of drug-likeness (QED) is 0.658. The van der Waals surface area contributed by atoms with Crippen molar-refractivity contribution in [3.8, 4) is 5.75 Å². The molecule has 5 N–H and O–H groups in total. The Morgan fingerprint density at radius 2 is 2.26 bits per heavy atom. The largest absolute Gasteiger partial charge is 0.482 e. The molecule has 0 unspecified atom stereocenters. The maximum atomic E-state index is 11.3. The van der Waals surface area contributed by atoms with E-state index in [0.29, 0.717) is 29.4 Å². The molecular weight excluding hydrogens is 248 g/mol. The van der Waals surface area contributed by atoms with Gasteiger partial charge in [-0.1, -0.05) is 0 Å². The first-order valence-electron chi connectivity index (χ1n) is 5.90. The number of benzene rings is 1. The average Bonchev–Trinajstić information content (AvgIpc) is 2.35. The lowest BCUT2D eigenvalue weighted by molar-refractivity contribution is -0.119. The van der Waals surface area contributed by atoms with E-state index in [1.165, 1.54) is 0 Å². The first-order valence-corrected chi connectivity index (χ1v) is 5.90. The lowest BCUT2D eigenvalue weighted by Crippen LogP contribution is -2.34. The number of hydrogen-bond acceptors (Lipinski definition) is 5. The molecule has 0 radical (unpaired) electrons. The molecule has 1 aromatic carbocycles. The molecule has 7 nitrogen and oxygen atoms in total. The second kappa shape index (κ2) is 5.05.